The molecular weight excluding hydrogens is 224 g/mol. The molecule has 1 aromatic rings. The van der Waals surface area contributed by atoms with Gasteiger partial charge in [0.2, 0.25) is 0 Å². The van der Waals surface area contributed by atoms with Gasteiger partial charge in [-0.1, -0.05) is 0 Å². The van der Waals surface area contributed by atoms with Gasteiger partial charge >= 0.3 is 0 Å². The van der Waals surface area contributed by atoms with Crippen molar-refractivity contribution in [3.05, 3.63) is 30.1 Å². The molecule has 0 aliphatic carbocycles. The van der Waals surface area contributed by atoms with Crippen molar-refractivity contribution >= 4 is 0 Å². The molecule has 0 radical (unpaired) electrons. The van der Waals surface area contributed by atoms with Crippen LogP contribution in [0.3, 0.4) is 0 Å². The summed E-state index contributed by atoms with van der Waals surface area (Å²) in [4.78, 5) is 8.90. The van der Waals surface area contributed by atoms with E-state index in [2.05, 4.69) is 41.0 Å². The maximum atomic E-state index is 5.94. The third-order valence-electron chi connectivity index (χ3n) is 4.02. The van der Waals surface area contributed by atoms with Gasteiger partial charge in [-0.15, -0.1) is 0 Å². The van der Waals surface area contributed by atoms with Gasteiger partial charge in [0.25, 0.3) is 0 Å². The number of pyridine rings is 1. The number of rotatable bonds is 5. The second-order valence-corrected chi connectivity index (χ2v) is 5.25. The van der Waals surface area contributed by atoms with E-state index in [9.17, 15) is 0 Å². The van der Waals surface area contributed by atoms with Crippen LogP contribution in [-0.4, -0.2) is 54.6 Å². The second kappa shape index (κ2) is 6.27. The molecule has 0 spiro atoms. The molecule has 1 aromatic heterocycles. The molecule has 2 rings (SSSR count). The summed E-state index contributed by atoms with van der Waals surface area (Å²) >= 11 is 0. The molecule has 0 aromatic carbocycles. The summed E-state index contributed by atoms with van der Waals surface area (Å²) < 4.78 is 0. The van der Waals surface area contributed by atoms with Crippen LogP contribution in [-0.2, 0) is 0 Å². The molecule has 1 saturated heterocycles. The quantitative estimate of drug-likeness (QED) is 0.848. The summed E-state index contributed by atoms with van der Waals surface area (Å²) in [7, 11) is 4.39. The highest BCUT2D eigenvalue weighted by atomic mass is 15.2. The predicted octanol–water partition coefficient (Wildman–Crippen LogP) is 1.11. The minimum absolute atomic E-state index is 0.294. The van der Waals surface area contributed by atoms with Crippen molar-refractivity contribution in [1.29, 1.82) is 0 Å². The van der Waals surface area contributed by atoms with Crippen LogP contribution >= 0.6 is 0 Å². The number of aromatic nitrogens is 1. The zero-order chi connectivity index (χ0) is 13.0. The Morgan fingerprint density at radius 1 is 1.50 bits per heavy atom. The van der Waals surface area contributed by atoms with E-state index in [1.165, 1.54) is 24.9 Å². The zero-order valence-electron chi connectivity index (χ0n) is 11.4. The Hall–Kier alpha value is -0.970. The fraction of sp³-hybridized carbons (Fsp3) is 0.643. The fourth-order valence-corrected chi connectivity index (χ4v) is 2.83. The van der Waals surface area contributed by atoms with Gasteiger partial charge in [-0.3, -0.25) is 9.88 Å². The lowest BCUT2D eigenvalue weighted by Gasteiger charge is -2.31. The van der Waals surface area contributed by atoms with Crippen molar-refractivity contribution < 1.29 is 0 Å². The molecule has 2 heterocycles. The Bertz CT molecular complexity index is 354. The van der Waals surface area contributed by atoms with Gasteiger partial charge in [-0.25, -0.2) is 0 Å². The molecular formula is C14H24N4. The van der Waals surface area contributed by atoms with E-state index in [4.69, 9.17) is 5.73 Å². The molecule has 0 saturated carbocycles. The van der Waals surface area contributed by atoms with Gasteiger partial charge in [-0.2, -0.15) is 0 Å². The minimum Gasteiger partial charge on any atom is -0.329 e. The van der Waals surface area contributed by atoms with E-state index in [1.54, 1.807) is 0 Å². The third-order valence-corrected chi connectivity index (χ3v) is 4.02. The Kier molecular flexibility index (Phi) is 4.69. The van der Waals surface area contributed by atoms with E-state index < -0.39 is 0 Å². The SMILES string of the molecule is CN1CCCC1CN(C)C(CN)c1ccncc1. The normalized spacial score (nSPS) is 22.6. The van der Waals surface area contributed by atoms with Crippen molar-refractivity contribution in [2.45, 2.75) is 24.9 Å². The minimum atomic E-state index is 0.294. The van der Waals surface area contributed by atoms with E-state index in [1.807, 2.05) is 12.4 Å². The summed E-state index contributed by atoms with van der Waals surface area (Å²) in [5.74, 6) is 0. The van der Waals surface area contributed by atoms with Gasteiger partial charge in [0, 0.05) is 37.6 Å². The molecule has 1 aliphatic rings. The van der Waals surface area contributed by atoms with Crippen LogP contribution in [0.4, 0.5) is 0 Å². The third kappa shape index (κ3) is 3.07. The van der Waals surface area contributed by atoms with Crippen LogP contribution < -0.4 is 5.73 Å². The van der Waals surface area contributed by atoms with Crippen LogP contribution in [0, 0.1) is 0 Å². The molecule has 1 fully saturated rings. The average molecular weight is 248 g/mol. The van der Waals surface area contributed by atoms with Gasteiger partial charge in [-0.05, 0) is 51.2 Å². The summed E-state index contributed by atoms with van der Waals surface area (Å²) in [5.41, 5.74) is 7.20. The number of likely N-dealkylation sites (tertiary alicyclic amines) is 1. The summed E-state index contributed by atoms with van der Waals surface area (Å²) in [6.45, 7) is 2.96. The monoisotopic (exact) mass is 248 g/mol. The molecule has 4 nitrogen and oxygen atoms in total. The predicted molar refractivity (Wildman–Crippen MR) is 74.3 cm³/mol. The van der Waals surface area contributed by atoms with Crippen LogP contribution in [0.5, 0.6) is 0 Å². The zero-order valence-corrected chi connectivity index (χ0v) is 11.4. The van der Waals surface area contributed by atoms with Crippen molar-refractivity contribution in [3.8, 4) is 0 Å². The van der Waals surface area contributed by atoms with Gasteiger partial charge < -0.3 is 10.6 Å². The standard InChI is InChI=1S/C14H24N4/c1-17-9-3-4-13(17)11-18(2)14(10-15)12-5-7-16-8-6-12/h5-8,13-14H,3-4,9-11,15H2,1-2H3. The lowest BCUT2D eigenvalue weighted by molar-refractivity contribution is 0.179. The van der Waals surface area contributed by atoms with Crippen molar-refractivity contribution in [1.82, 2.24) is 14.8 Å². The molecule has 1 aliphatic heterocycles. The number of hydrogen-bond donors (Lipinski definition) is 1. The smallest absolute Gasteiger partial charge is 0.0469 e. The second-order valence-electron chi connectivity index (χ2n) is 5.25. The maximum Gasteiger partial charge on any atom is 0.0469 e. The van der Waals surface area contributed by atoms with E-state index >= 15 is 0 Å². The first-order valence-corrected chi connectivity index (χ1v) is 6.73. The molecule has 0 amide bonds. The number of likely N-dealkylation sites (N-methyl/N-ethyl adjacent to an activating group) is 2. The molecule has 2 atom stereocenters. The molecule has 0 bridgehead atoms. The van der Waals surface area contributed by atoms with Crippen molar-refractivity contribution in [2.24, 2.45) is 5.73 Å². The topological polar surface area (TPSA) is 45.4 Å². The van der Waals surface area contributed by atoms with Crippen LogP contribution in [0.25, 0.3) is 0 Å². The van der Waals surface area contributed by atoms with E-state index in [0.29, 0.717) is 18.6 Å². The van der Waals surface area contributed by atoms with Crippen LogP contribution in [0.1, 0.15) is 24.4 Å². The van der Waals surface area contributed by atoms with Gasteiger partial charge in [0.05, 0.1) is 0 Å². The summed E-state index contributed by atoms with van der Waals surface area (Å²) in [5, 5.41) is 0. The largest absolute Gasteiger partial charge is 0.329 e. The molecule has 2 unspecified atom stereocenters. The summed E-state index contributed by atoms with van der Waals surface area (Å²) in [6, 6.07) is 5.09. The first-order valence-electron chi connectivity index (χ1n) is 6.73. The molecule has 2 N–H and O–H groups in total. The Balaban J connectivity index is 1.99. The van der Waals surface area contributed by atoms with E-state index in [0.717, 1.165) is 6.54 Å². The molecule has 100 valence electrons. The highest BCUT2D eigenvalue weighted by molar-refractivity contribution is 5.15. The van der Waals surface area contributed by atoms with Crippen LogP contribution in [0.2, 0.25) is 0 Å². The highest BCUT2D eigenvalue weighted by Crippen LogP contribution is 2.21. The van der Waals surface area contributed by atoms with E-state index in [-0.39, 0.29) is 0 Å². The highest BCUT2D eigenvalue weighted by Gasteiger charge is 2.25. The lowest BCUT2D eigenvalue weighted by Crippen LogP contribution is -2.40. The van der Waals surface area contributed by atoms with Crippen LogP contribution in [0.15, 0.2) is 24.5 Å². The first-order chi connectivity index (χ1) is 8.72. The fourth-order valence-electron chi connectivity index (χ4n) is 2.83. The number of hydrogen-bond acceptors (Lipinski definition) is 4. The Morgan fingerprint density at radius 2 is 2.22 bits per heavy atom. The average Bonchev–Trinajstić information content (AvgIpc) is 2.77. The molecule has 4 heteroatoms. The van der Waals surface area contributed by atoms with Gasteiger partial charge in [0.1, 0.15) is 0 Å². The van der Waals surface area contributed by atoms with Crippen molar-refractivity contribution in [2.75, 3.05) is 33.7 Å². The number of nitrogens with two attached hydrogens (primary N) is 1. The number of nitrogens with zero attached hydrogens (tertiary/aromatic N) is 3. The summed E-state index contributed by atoms with van der Waals surface area (Å²) in [6.07, 6.45) is 6.30. The maximum absolute atomic E-state index is 5.94. The Labute approximate surface area is 110 Å². The van der Waals surface area contributed by atoms with Gasteiger partial charge in [0.15, 0.2) is 0 Å². The molecule has 18 heavy (non-hydrogen) atoms. The first kappa shape index (κ1) is 13.5. The lowest BCUT2D eigenvalue weighted by atomic mass is 10.1. The Morgan fingerprint density at radius 3 is 2.78 bits per heavy atom. The van der Waals surface area contributed by atoms with Crippen molar-refractivity contribution in [3.63, 3.8) is 0 Å².